The quantitative estimate of drug-likeness (QED) is 0.789. The molecule has 0 aliphatic carbocycles. The van der Waals surface area contributed by atoms with Gasteiger partial charge in [0.1, 0.15) is 10.8 Å². The van der Waals surface area contributed by atoms with Crippen LogP contribution in [0.25, 0.3) is 0 Å². The standard InChI is InChI=1S/C14H16ClN3O/c1-17(2)14-16-12(10-19)13(15)18(14)9-8-11-6-4-3-5-7-11/h3-7,10H,8-9H2,1-2H3. The molecule has 0 unspecified atom stereocenters. The largest absolute Gasteiger partial charge is 0.348 e. The summed E-state index contributed by atoms with van der Waals surface area (Å²) < 4.78 is 1.86. The van der Waals surface area contributed by atoms with E-state index < -0.39 is 0 Å². The van der Waals surface area contributed by atoms with Crippen LogP contribution in [-0.4, -0.2) is 29.9 Å². The number of benzene rings is 1. The summed E-state index contributed by atoms with van der Waals surface area (Å²) >= 11 is 6.18. The highest BCUT2D eigenvalue weighted by atomic mass is 35.5. The summed E-state index contributed by atoms with van der Waals surface area (Å²) in [6.45, 7) is 0.692. The fourth-order valence-electron chi connectivity index (χ4n) is 1.94. The van der Waals surface area contributed by atoms with Gasteiger partial charge in [0.2, 0.25) is 5.95 Å². The Bertz CT molecular complexity index is 564. The van der Waals surface area contributed by atoms with Gasteiger partial charge < -0.3 is 9.47 Å². The average Bonchev–Trinajstić information content (AvgIpc) is 2.74. The van der Waals surface area contributed by atoms with E-state index in [0.717, 1.165) is 6.42 Å². The van der Waals surface area contributed by atoms with E-state index in [1.807, 2.05) is 41.8 Å². The van der Waals surface area contributed by atoms with Gasteiger partial charge in [-0.1, -0.05) is 41.9 Å². The van der Waals surface area contributed by atoms with E-state index in [0.29, 0.717) is 29.6 Å². The minimum Gasteiger partial charge on any atom is -0.348 e. The Morgan fingerprint density at radius 3 is 2.58 bits per heavy atom. The summed E-state index contributed by atoms with van der Waals surface area (Å²) in [5.74, 6) is 0.697. The second kappa shape index (κ2) is 5.89. The molecular formula is C14H16ClN3O. The summed E-state index contributed by atoms with van der Waals surface area (Å²) in [5, 5.41) is 0.398. The maximum Gasteiger partial charge on any atom is 0.206 e. The van der Waals surface area contributed by atoms with E-state index >= 15 is 0 Å². The number of hydrogen-bond acceptors (Lipinski definition) is 3. The minimum absolute atomic E-state index is 0.290. The van der Waals surface area contributed by atoms with E-state index in [-0.39, 0.29) is 0 Å². The lowest BCUT2D eigenvalue weighted by atomic mass is 10.1. The van der Waals surface area contributed by atoms with Crippen LogP contribution in [0, 0.1) is 0 Å². The third kappa shape index (κ3) is 2.96. The summed E-state index contributed by atoms with van der Waals surface area (Å²) in [7, 11) is 3.76. The van der Waals surface area contributed by atoms with E-state index in [1.165, 1.54) is 5.56 Å². The van der Waals surface area contributed by atoms with Crippen molar-refractivity contribution in [3.05, 3.63) is 46.7 Å². The van der Waals surface area contributed by atoms with E-state index in [1.54, 1.807) is 0 Å². The Kier molecular flexibility index (Phi) is 4.22. The maximum atomic E-state index is 10.9. The Morgan fingerprint density at radius 2 is 2.00 bits per heavy atom. The molecule has 100 valence electrons. The van der Waals surface area contributed by atoms with Crippen LogP contribution in [0.4, 0.5) is 5.95 Å². The molecule has 2 rings (SSSR count). The first-order valence-electron chi connectivity index (χ1n) is 6.06. The van der Waals surface area contributed by atoms with Crippen LogP contribution in [0.5, 0.6) is 0 Å². The number of anilines is 1. The number of hydrogen-bond donors (Lipinski definition) is 0. The number of aryl methyl sites for hydroxylation is 1. The molecule has 0 saturated heterocycles. The van der Waals surface area contributed by atoms with Crippen molar-refractivity contribution in [2.75, 3.05) is 19.0 Å². The maximum absolute atomic E-state index is 10.9. The van der Waals surface area contributed by atoms with Gasteiger partial charge >= 0.3 is 0 Å². The zero-order valence-electron chi connectivity index (χ0n) is 11.0. The number of carbonyl (C=O) groups is 1. The SMILES string of the molecule is CN(C)c1nc(C=O)c(Cl)n1CCc1ccccc1. The second-order valence-corrected chi connectivity index (χ2v) is 4.85. The molecule has 0 amide bonds. The molecule has 2 aromatic rings. The van der Waals surface area contributed by atoms with Crippen molar-refractivity contribution < 1.29 is 4.79 Å². The van der Waals surface area contributed by atoms with Gasteiger partial charge in [-0.3, -0.25) is 4.79 Å². The molecule has 0 saturated carbocycles. The summed E-state index contributed by atoms with van der Waals surface area (Å²) in [6.07, 6.45) is 1.53. The Labute approximate surface area is 117 Å². The van der Waals surface area contributed by atoms with Crippen LogP contribution >= 0.6 is 11.6 Å². The highest BCUT2D eigenvalue weighted by Gasteiger charge is 2.16. The molecule has 1 heterocycles. The summed E-state index contributed by atoms with van der Waals surface area (Å²) in [5.41, 5.74) is 1.52. The van der Waals surface area contributed by atoms with Gasteiger partial charge in [0.15, 0.2) is 6.29 Å². The zero-order chi connectivity index (χ0) is 13.8. The summed E-state index contributed by atoms with van der Waals surface area (Å²) in [6, 6.07) is 10.1. The number of imidazole rings is 1. The Hall–Kier alpha value is -1.81. The third-order valence-corrected chi connectivity index (χ3v) is 3.29. The minimum atomic E-state index is 0.290. The molecule has 0 aliphatic heterocycles. The van der Waals surface area contributed by atoms with Crippen molar-refractivity contribution >= 4 is 23.8 Å². The van der Waals surface area contributed by atoms with Crippen LogP contribution in [0.15, 0.2) is 30.3 Å². The third-order valence-electron chi connectivity index (χ3n) is 2.89. The highest BCUT2D eigenvalue weighted by molar-refractivity contribution is 6.32. The predicted octanol–water partition coefficient (Wildman–Crippen LogP) is 2.66. The lowest BCUT2D eigenvalue weighted by molar-refractivity contribution is 0.111. The number of halogens is 1. The molecule has 19 heavy (non-hydrogen) atoms. The number of nitrogens with zero attached hydrogens (tertiary/aromatic N) is 3. The van der Waals surface area contributed by atoms with Crippen LogP contribution in [-0.2, 0) is 13.0 Å². The van der Waals surface area contributed by atoms with Gasteiger partial charge in [0.05, 0.1) is 0 Å². The normalized spacial score (nSPS) is 10.5. The van der Waals surface area contributed by atoms with Gasteiger partial charge in [0.25, 0.3) is 0 Å². The van der Waals surface area contributed by atoms with Gasteiger partial charge in [-0.05, 0) is 12.0 Å². The molecule has 0 spiro atoms. The molecule has 0 N–H and O–H groups in total. The van der Waals surface area contributed by atoms with Crippen molar-refractivity contribution in [2.24, 2.45) is 0 Å². The van der Waals surface area contributed by atoms with Gasteiger partial charge in [-0.15, -0.1) is 0 Å². The van der Waals surface area contributed by atoms with Gasteiger partial charge in [-0.2, -0.15) is 0 Å². The first-order chi connectivity index (χ1) is 9.13. The molecule has 0 aliphatic rings. The molecule has 1 aromatic heterocycles. The highest BCUT2D eigenvalue weighted by Crippen LogP contribution is 2.22. The topological polar surface area (TPSA) is 38.1 Å². The molecule has 0 radical (unpaired) electrons. The number of aromatic nitrogens is 2. The predicted molar refractivity (Wildman–Crippen MR) is 77.1 cm³/mol. The van der Waals surface area contributed by atoms with Crippen LogP contribution in [0.3, 0.4) is 0 Å². The molecule has 0 atom stereocenters. The van der Waals surface area contributed by atoms with Gasteiger partial charge in [0, 0.05) is 20.6 Å². The van der Waals surface area contributed by atoms with Crippen molar-refractivity contribution in [1.82, 2.24) is 9.55 Å². The fourth-order valence-corrected chi connectivity index (χ4v) is 2.19. The number of aldehydes is 1. The fraction of sp³-hybridized carbons (Fsp3) is 0.286. The molecule has 0 bridgehead atoms. The van der Waals surface area contributed by atoms with E-state index in [4.69, 9.17) is 11.6 Å². The second-order valence-electron chi connectivity index (χ2n) is 4.49. The Balaban J connectivity index is 2.24. The molecule has 1 aromatic carbocycles. The lowest BCUT2D eigenvalue weighted by Gasteiger charge is -2.14. The van der Waals surface area contributed by atoms with Crippen molar-refractivity contribution in [1.29, 1.82) is 0 Å². The first-order valence-corrected chi connectivity index (χ1v) is 6.43. The molecular weight excluding hydrogens is 262 g/mol. The van der Waals surface area contributed by atoms with Crippen LogP contribution in [0.1, 0.15) is 16.1 Å². The Morgan fingerprint density at radius 1 is 1.32 bits per heavy atom. The smallest absolute Gasteiger partial charge is 0.206 e. The van der Waals surface area contributed by atoms with Crippen molar-refractivity contribution in [3.63, 3.8) is 0 Å². The monoisotopic (exact) mass is 277 g/mol. The molecule has 0 fully saturated rings. The summed E-state index contributed by atoms with van der Waals surface area (Å²) in [4.78, 5) is 17.0. The van der Waals surface area contributed by atoms with Crippen LogP contribution < -0.4 is 4.90 Å². The lowest BCUT2D eigenvalue weighted by Crippen LogP contribution is -2.16. The van der Waals surface area contributed by atoms with Crippen molar-refractivity contribution in [3.8, 4) is 0 Å². The van der Waals surface area contributed by atoms with Crippen LogP contribution in [0.2, 0.25) is 5.15 Å². The van der Waals surface area contributed by atoms with E-state index in [9.17, 15) is 4.79 Å². The van der Waals surface area contributed by atoms with Gasteiger partial charge in [-0.25, -0.2) is 4.98 Å². The zero-order valence-corrected chi connectivity index (χ0v) is 11.8. The first kappa shape index (κ1) is 13.6. The number of carbonyl (C=O) groups excluding carboxylic acids is 1. The average molecular weight is 278 g/mol. The molecule has 4 nitrogen and oxygen atoms in total. The van der Waals surface area contributed by atoms with E-state index in [2.05, 4.69) is 17.1 Å². The number of rotatable bonds is 5. The molecule has 5 heteroatoms. The van der Waals surface area contributed by atoms with Crippen molar-refractivity contribution in [2.45, 2.75) is 13.0 Å².